The lowest BCUT2D eigenvalue weighted by Gasteiger charge is -2.13. The Bertz CT molecular complexity index is 779. The summed E-state index contributed by atoms with van der Waals surface area (Å²) in [7, 11) is 3.49. The van der Waals surface area contributed by atoms with Crippen molar-refractivity contribution in [2.75, 3.05) is 19.0 Å². The monoisotopic (exact) mass is 334 g/mol. The maximum Gasteiger partial charge on any atom is 0.417 e. The van der Waals surface area contributed by atoms with Crippen LogP contribution < -0.4 is 4.90 Å². The molecule has 0 aromatic carbocycles. The molecule has 5 nitrogen and oxygen atoms in total. The lowest BCUT2D eigenvalue weighted by atomic mass is 9.95. The van der Waals surface area contributed by atoms with E-state index in [1.54, 1.807) is 25.1 Å². The fourth-order valence-corrected chi connectivity index (χ4v) is 1.99. The second-order valence-corrected chi connectivity index (χ2v) is 5.19. The number of halogens is 3. The minimum atomic E-state index is -4.52. The van der Waals surface area contributed by atoms with Crippen molar-refractivity contribution in [2.45, 2.75) is 12.1 Å². The van der Waals surface area contributed by atoms with Gasteiger partial charge in [0.25, 0.3) is 0 Å². The molecule has 8 heteroatoms. The SMILES string of the molecule is CN(C)c1cc(C(=O)[C@H](C#N)c2ccc(C(F)(F)F)cn2)ccn1. The maximum atomic E-state index is 12.6. The quantitative estimate of drug-likeness (QED) is 0.804. The topological polar surface area (TPSA) is 69.9 Å². The van der Waals surface area contributed by atoms with E-state index in [1.807, 2.05) is 0 Å². The van der Waals surface area contributed by atoms with E-state index in [9.17, 15) is 23.2 Å². The third-order valence-corrected chi connectivity index (χ3v) is 3.29. The summed E-state index contributed by atoms with van der Waals surface area (Å²) in [6, 6.07) is 6.60. The van der Waals surface area contributed by atoms with Crippen LogP contribution >= 0.6 is 0 Å². The number of nitrogens with zero attached hydrogens (tertiary/aromatic N) is 4. The van der Waals surface area contributed by atoms with Gasteiger partial charge in [-0.2, -0.15) is 18.4 Å². The minimum Gasteiger partial charge on any atom is -0.363 e. The molecule has 124 valence electrons. The highest BCUT2D eigenvalue weighted by Crippen LogP contribution is 2.29. The van der Waals surface area contributed by atoms with E-state index in [2.05, 4.69) is 9.97 Å². The molecule has 2 aromatic rings. The van der Waals surface area contributed by atoms with Crippen molar-refractivity contribution in [1.29, 1.82) is 5.26 Å². The molecular weight excluding hydrogens is 321 g/mol. The zero-order chi connectivity index (χ0) is 17.9. The van der Waals surface area contributed by atoms with Crippen molar-refractivity contribution in [3.8, 4) is 6.07 Å². The summed E-state index contributed by atoms with van der Waals surface area (Å²) in [5, 5.41) is 9.26. The van der Waals surface area contributed by atoms with E-state index in [-0.39, 0.29) is 11.3 Å². The van der Waals surface area contributed by atoms with Gasteiger partial charge < -0.3 is 4.90 Å². The fourth-order valence-electron chi connectivity index (χ4n) is 1.99. The number of hydrogen-bond acceptors (Lipinski definition) is 5. The summed E-state index contributed by atoms with van der Waals surface area (Å²) < 4.78 is 37.7. The second-order valence-electron chi connectivity index (χ2n) is 5.19. The number of carbonyl (C=O) groups excluding carboxylic acids is 1. The third kappa shape index (κ3) is 3.68. The van der Waals surface area contributed by atoms with Crippen LogP contribution in [-0.2, 0) is 6.18 Å². The molecule has 2 aromatic heterocycles. The van der Waals surface area contributed by atoms with Crippen LogP contribution in [0, 0.1) is 11.3 Å². The average Bonchev–Trinajstić information content (AvgIpc) is 2.55. The molecule has 0 aliphatic carbocycles. The van der Waals surface area contributed by atoms with Gasteiger partial charge in [0.2, 0.25) is 0 Å². The van der Waals surface area contributed by atoms with Gasteiger partial charge >= 0.3 is 6.18 Å². The van der Waals surface area contributed by atoms with E-state index in [4.69, 9.17) is 0 Å². The first-order valence-corrected chi connectivity index (χ1v) is 6.84. The molecule has 0 fully saturated rings. The number of carbonyl (C=O) groups is 1. The van der Waals surface area contributed by atoms with Gasteiger partial charge in [-0.05, 0) is 24.3 Å². The van der Waals surface area contributed by atoms with Crippen molar-refractivity contribution in [2.24, 2.45) is 0 Å². The predicted octanol–water partition coefficient (Wildman–Crippen LogP) is 3.05. The first kappa shape index (κ1) is 17.4. The molecule has 0 spiro atoms. The van der Waals surface area contributed by atoms with Crippen molar-refractivity contribution >= 4 is 11.6 Å². The molecule has 1 atom stereocenters. The Morgan fingerprint density at radius 2 is 1.96 bits per heavy atom. The lowest BCUT2D eigenvalue weighted by molar-refractivity contribution is -0.137. The maximum absolute atomic E-state index is 12.6. The highest BCUT2D eigenvalue weighted by Gasteiger charge is 2.31. The van der Waals surface area contributed by atoms with Crippen LogP contribution in [0.1, 0.15) is 27.5 Å². The number of hydrogen-bond donors (Lipinski definition) is 0. The number of rotatable bonds is 4. The number of alkyl halides is 3. The number of Topliss-reactive ketones (excluding diaryl/α,β-unsaturated/α-hetero) is 1. The van der Waals surface area contributed by atoms with Gasteiger partial charge in [-0.15, -0.1) is 0 Å². The van der Waals surface area contributed by atoms with Crippen LogP contribution in [0.5, 0.6) is 0 Å². The van der Waals surface area contributed by atoms with Crippen LogP contribution in [-0.4, -0.2) is 29.8 Å². The average molecular weight is 334 g/mol. The largest absolute Gasteiger partial charge is 0.417 e. The standard InChI is InChI=1S/C16H13F3N4O/c1-23(2)14-7-10(5-6-21-14)15(24)12(8-20)13-4-3-11(9-22-13)16(17,18)19/h3-7,9,12H,1-2H3/t12-/m1/s1. The second kappa shape index (κ2) is 6.66. The van der Waals surface area contributed by atoms with E-state index >= 15 is 0 Å². The number of anilines is 1. The summed E-state index contributed by atoms with van der Waals surface area (Å²) in [5.74, 6) is -1.31. The Balaban J connectivity index is 2.33. The highest BCUT2D eigenvalue weighted by atomic mass is 19.4. The van der Waals surface area contributed by atoms with E-state index in [0.717, 1.165) is 12.1 Å². The van der Waals surface area contributed by atoms with Crippen LogP contribution in [0.2, 0.25) is 0 Å². The Hall–Kier alpha value is -2.95. The van der Waals surface area contributed by atoms with Crippen molar-refractivity contribution in [3.05, 3.63) is 53.5 Å². The van der Waals surface area contributed by atoms with Crippen LogP contribution in [0.3, 0.4) is 0 Å². The summed E-state index contributed by atoms with van der Waals surface area (Å²) >= 11 is 0. The number of aromatic nitrogens is 2. The Morgan fingerprint density at radius 3 is 2.46 bits per heavy atom. The van der Waals surface area contributed by atoms with Gasteiger partial charge in [0.15, 0.2) is 11.7 Å². The molecule has 2 rings (SSSR count). The van der Waals surface area contributed by atoms with Gasteiger partial charge in [-0.25, -0.2) is 4.98 Å². The van der Waals surface area contributed by atoms with Crippen molar-refractivity contribution in [1.82, 2.24) is 9.97 Å². The molecule has 0 saturated carbocycles. The molecule has 0 bridgehead atoms. The summed E-state index contributed by atoms with van der Waals surface area (Å²) in [5.41, 5.74) is -0.727. The van der Waals surface area contributed by atoms with Gasteiger partial charge in [0.05, 0.1) is 17.3 Å². The van der Waals surface area contributed by atoms with Gasteiger partial charge in [-0.1, -0.05) is 0 Å². The normalized spacial score (nSPS) is 12.3. The summed E-state index contributed by atoms with van der Waals surface area (Å²) in [6.07, 6.45) is -2.48. The smallest absolute Gasteiger partial charge is 0.363 e. The van der Waals surface area contributed by atoms with E-state index in [1.165, 1.54) is 18.3 Å². The van der Waals surface area contributed by atoms with Crippen LogP contribution in [0.15, 0.2) is 36.7 Å². The summed E-state index contributed by atoms with van der Waals surface area (Å²) in [6.45, 7) is 0. The zero-order valence-electron chi connectivity index (χ0n) is 12.9. The molecule has 24 heavy (non-hydrogen) atoms. The third-order valence-electron chi connectivity index (χ3n) is 3.29. The lowest BCUT2D eigenvalue weighted by Crippen LogP contribution is -2.16. The molecule has 0 radical (unpaired) electrons. The van der Waals surface area contributed by atoms with E-state index < -0.39 is 23.4 Å². The molecule has 0 saturated heterocycles. The molecule has 0 unspecified atom stereocenters. The zero-order valence-corrected chi connectivity index (χ0v) is 12.9. The van der Waals surface area contributed by atoms with Gasteiger partial charge in [0.1, 0.15) is 5.82 Å². The number of pyridine rings is 2. The first-order chi connectivity index (χ1) is 11.2. The minimum absolute atomic E-state index is 0.0290. The Morgan fingerprint density at radius 1 is 1.25 bits per heavy atom. The number of ketones is 1. The first-order valence-electron chi connectivity index (χ1n) is 6.84. The van der Waals surface area contributed by atoms with Gasteiger partial charge in [0, 0.05) is 32.1 Å². The highest BCUT2D eigenvalue weighted by molar-refractivity contribution is 6.02. The molecule has 0 N–H and O–H groups in total. The Kier molecular flexibility index (Phi) is 4.83. The molecule has 0 aliphatic heterocycles. The Labute approximate surface area is 136 Å². The van der Waals surface area contributed by atoms with Gasteiger partial charge in [-0.3, -0.25) is 9.78 Å². The molecule has 0 aliphatic rings. The summed E-state index contributed by atoms with van der Waals surface area (Å²) in [4.78, 5) is 21.9. The fraction of sp³-hybridized carbons (Fsp3) is 0.250. The molecular formula is C16H13F3N4O. The number of nitriles is 1. The van der Waals surface area contributed by atoms with E-state index in [0.29, 0.717) is 12.0 Å². The van der Waals surface area contributed by atoms with Crippen molar-refractivity contribution in [3.63, 3.8) is 0 Å². The molecule has 0 amide bonds. The van der Waals surface area contributed by atoms with Crippen LogP contribution in [0.25, 0.3) is 0 Å². The molecule has 2 heterocycles. The van der Waals surface area contributed by atoms with Crippen molar-refractivity contribution < 1.29 is 18.0 Å². The van der Waals surface area contributed by atoms with Crippen LogP contribution in [0.4, 0.5) is 19.0 Å². The predicted molar refractivity (Wildman–Crippen MR) is 80.5 cm³/mol.